The number of hydrogen-bond acceptors (Lipinski definition) is 6. The van der Waals surface area contributed by atoms with Crippen LogP contribution in [0.2, 0.25) is 0 Å². The molecule has 0 bridgehead atoms. The maximum Gasteiger partial charge on any atom is 0.416 e. The van der Waals surface area contributed by atoms with Crippen LogP contribution in [0.4, 0.5) is 36.8 Å². The number of amides is 2. The second kappa shape index (κ2) is 11.6. The van der Waals surface area contributed by atoms with Crippen LogP contribution in [0.25, 0.3) is 16.5 Å². The monoisotopic (exact) mass is 632 g/mol. The minimum atomic E-state index is -5.04. The van der Waals surface area contributed by atoms with Gasteiger partial charge in [-0.25, -0.2) is 13.2 Å². The molecule has 0 atom stereocenters. The number of alkyl halides is 6. The first kappa shape index (κ1) is 31.9. The van der Waals surface area contributed by atoms with Crippen LogP contribution in [0.1, 0.15) is 34.4 Å². The average Bonchev–Trinajstić information content (AvgIpc) is 3.24. The van der Waals surface area contributed by atoms with Crippen LogP contribution in [0.5, 0.6) is 0 Å². The van der Waals surface area contributed by atoms with E-state index in [2.05, 4.69) is 0 Å². The van der Waals surface area contributed by atoms with Gasteiger partial charge >= 0.3 is 18.4 Å². The molecular formula is C28H26F6N2O6S. The molecule has 2 amide bonds. The lowest BCUT2D eigenvalue weighted by Crippen LogP contribution is -2.38. The van der Waals surface area contributed by atoms with Gasteiger partial charge in [0, 0.05) is 31.8 Å². The van der Waals surface area contributed by atoms with E-state index in [0.717, 1.165) is 22.3 Å². The van der Waals surface area contributed by atoms with Crippen molar-refractivity contribution in [1.82, 2.24) is 4.90 Å². The molecule has 3 aromatic rings. The maximum absolute atomic E-state index is 13.2. The number of benzene rings is 2. The summed E-state index contributed by atoms with van der Waals surface area (Å²) < 4.78 is 113. The third-order valence-corrected chi connectivity index (χ3v) is 7.54. The summed E-state index contributed by atoms with van der Waals surface area (Å²) in [4.78, 5) is 27.6. The number of hydrogen-bond donors (Lipinski definition) is 0. The van der Waals surface area contributed by atoms with E-state index in [1.165, 1.54) is 11.9 Å². The Bertz CT molecular complexity index is 1680. The molecule has 1 aliphatic rings. The Hall–Kier alpha value is -4.01. The Labute approximate surface area is 242 Å². The van der Waals surface area contributed by atoms with Crippen molar-refractivity contribution >= 4 is 44.1 Å². The van der Waals surface area contributed by atoms with Gasteiger partial charge in [0.25, 0.3) is 0 Å². The van der Waals surface area contributed by atoms with Crippen LogP contribution in [0, 0.1) is 6.92 Å². The van der Waals surface area contributed by atoms with E-state index in [-0.39, 0.29) is 18.3 Å². The average molecular weight is 633 g/mol. The number of furan rings is 1. The minimum Gasteiger partial charge on any atom is -0.459 e. The number of anilines is 1. The molecule has 15 heteroatoms. The van der Waals surface area contributed by atoms with E-state index in [4.69, 9.17) is 9.15 Å². The SMILES string of the molecule is Cc1oc2ccc(C3=CCN(C(=O)CS(C)(=O)=O)CC3)cc2c1N(C)C(=O)OCc1cc(C(F)(F)F)cc(C(F)(F)F)c1. The molecule has 0 spiro atoms. The summed E-state index contributed by atoms with van der Waals surface area (Å²) in [6.45, 7) is 1.23. The third kappa shape index (κ3) is 7.50. The first-order valence-electron chi connectivity index (χ1n) is 12.7. The molecule has 2 aromatic carbocycles. The molecule has 0 saturated heterocycles. The zero-order valence-corrected chi connectivity index (χ0v) is 23.9. The second-order valence-electron chi connectivity index (χ2n) is 10.1. The summed E-state index contributed by atoms with van der Waals surface area (Å²) in [5.41, 5.74) is -1.24. The van der Waals surface area contributed by atoms with Gasteiger partial charge < -0.3 is 14.1 Å². The summed E-state index contributed by atoms with van der Waals surface area (Å²) in [6, 6.07) is 6.15. The molecular weight excluding hydrogens is 606 g/mol. The predicted octanol–water partition coefficient (Wildman–Crippen LogP) is 6.21. The fourth-order valence-corrected chi connectivity index (χ4v) is 5.36. The number of rotatable bonds is 6. The van der Waals surface area contributed by atoms with E-state index >= 15 is 0 Å². The van der Waals surface area contributed by atoms with E-state index in [1.54, 1.807) is 31.2 Å². The number of aryl methyl sites for hydroxylation is 1. The van der Waals surface area contributed by atoms with Crippen molar-refractivity contribution in [1.29, 1.82) is 0 Å². The molecule has 8 nitrogen and oxygen atoms in total. The summed E-state index contributed by atoms with van der Waals surface area (Å²) in [5, 5.41) is 0.490. The van der Waals surface area contributed by atoms with E-state index < -0.39 is 63.2 Å². The van der Waals surface area contributed by atoms with E-state index in [9.17, 15) is 44.3 Å². The Kier molecular flexibility index (Phi) is 8.60. The molecule has 1 aliphatic heterocycles. The van der Waals surface area contributed by atoms with Gasteiger partial charge in [0.05, 0.1) is 16.8 Å². The first-order chi connectivity index (χ1) is 19.8. The first-order valence-corrected chi connectivity index (χ1v) is 14.8. The van der Waals surface area contributed by atoms with E-state index in [0.29, 0.717) is 41.8 Å². The van der Waals surface area contributed by atoms with Gasteiger partial charge in [-0.05, 0) is 60.4 Å². The van der Waals surface area contributed by atoms with Crippen molar-refractivity contribution < 1.29 is 53.5 Å². The zero-order valence-electron chi connectivity index (χ0n) is 23.1. The zero-order chi connectivity index (χ0) is 31.9. The molecule has 43 heavy (non-hydrogen) atoms. The smallest absolute Gasteiger partial charge is 0.416 e. The summed E-state index contributed by atoms with van der Waals surface area (Å²) in [7, 11) is -2.15. The lowest BCUT2D eigenvalue weighted by atomic mass is 9.98. The maximum atomic E-state index is 13.2. The summed E-state index contributed by atoms with van der Waals surface area (Å²) in [6.07, 6.45) is -7.92. The number of halogens is 6. The highest BCUT2D eigenvalue weighted by Crippen LogP contribution is 2.38. The molecule has 2 heterocycles. The van der Waals surface area contributed by atoms with Crippen LogP contribution in [0.15, 0.2) is 46.9 Å². The molecule has 0 saturated carbocycles. The highest BCUT2D eigenvalue weighted by molar-refractivity contribution is 7.91. The number of ether oxygens (including phenoxy) is 1. The Balaban J connectivity index is 1.54. The Morgan fingerprint density at radius 3 is 2.19 bits per heavy atom. The van der Waals surface area contributed by atoms with Gasteiger partial charge in [0.2, 0.25) is 5.91 Å². The van der Waals surface area contributed by atoms with Crippen LogP contribution < -0.4 is 4.90 Å². The van der Waals surface area contributed by atoms with Gasteiger partial charge in [0.1, 0.15) is 23.7 Å². The number of fused-ring (bicyclic) bond motifs is 1. The van der Waals surface area contributed by atoms with Crippen molar-refractivity contribution in [3.8, 4) is 0 Å². The van der Waals surface area contributed by atoms with Gasteiger partial charge in [-0.3, -0.25) is 9.69 Å². The molecule has 1 aromatic heterocycles. The van der Waals surface area contributed by atoms with Gasteiger partial charge in [0.15, 0.2) is 9.84 Å². The largest absolute Gasteiger partial charge is 0.459 e. The van der Waals surface area contributed by atoms with Crippen LogP contribution in [-0.2, 0) is 38.3 Å². The van der Waals surface area contributed by atoms with Crippen LogP contribution in [0.3, 0.4) is 0 Å². The number of nitrogens with zero attached hydrogens (tertiary/aromatic N) is 2. The summed E-state index contributed by atoms with van der Waals surface area (Å²) >= 11 is 0. The van der Waals surface area contributed by atoms with Crippen molar-refractivity contribution in [2.75, 3.05) is 37.0 Å². The number of sulfone groups is 1. The predicted molar refractivity (Wildman–Crippen MR) is 145 cm³/mol. The van der Waals surface area contributed by atoms with Crippen molar-refractivity contribution in [2.24, 2.45) is 0 Å². The molecule has 4 rings (SSSR count). The van der Waals surface area contributed by atoms with Gasteiger partial charge in [-0.15, -0.1) is 0 Å². The lowest BCUT2D eigenvalue weighted by Gasteiger charge is -2.26. The standard InChI is InChI=1S/C28H26F6N2O6S/c1-16-25(35(2)26(38)41-14-17-10-20(27(29,30)31)13-21(11-17)28(32,33)34)22-12-19(4-5-23(22)42-16)18-6-8-36(9-7-18)24(37)15-43(3,39)40/h4-6,10-13H,7-9,14-15H2,1-3H3. The van der Waals surface area contributed by atoms with Crippen LogP contribution in [-0.4, -0.2) is 57.5 Å². The fraction of sp³-hybridized carbons (Fsp3) is 0.357. The van der Waals surface area contributed by atoms with E-state index in [1.807, 2.05) is 0 Å². The fourth-order valence-electron chi connectivity index (χ4n) is 4.73. The van der Waals surface area contributed by atoms with Gasteiger partial charge in [-0.1, -0.05) is 12.1 Å². The number of carbonyl (C=O) groups excluding carboxylic acids is 2. The van der Waals surface area contributed by atoms with Crippen molar-refractivity contribution in [3.05, 3.63) is 70.5 Å². The molecule has 0 fully saturated rings. The van der Waals surface area contributed by atoms with Crippen molar-refractivity contribution in [3.63, 3.8) is 0 Å². The molecule has 0 unspecified atom stereocenters. The normalized spacial score (nSPS) is 14.5. The Morgan fingerprint density at radius 2 is 1.65 bits per heavy atom. The lowest BCUT2D eigenvalue weighted by molar-refractivity contribution is -0.143. The molecule has 0 N–H and O–H groups in total. The minimum absolute atomic E-state index is 0.0111. The highest BCUT2D eigenvalue weighted by Gasteiger charge is 2.37. The van der Waals surface area contributed by atoms with Crippen LogP contribution >= 0.6 is 0 Å². The topological polar surface area (TPSA) is 97.1 Å². The Morgan fingerprint density at radius 1 is 1.02 bits per heavy atom. The van der Waals surface area contributed by atoms with Crippen molar-refractivity contribution in [2.45, 2.75) is 32.3 Å². The highest BCUT2D eigenvalue weighted by atomic mass is 32.2. The molecule has 0 aliphatic carbocycles. The molecule has 0 radical (unpaired) electrons. The van der Waals surface area contributed by atoms with Gasteiger partial charge in [-0.2, -0.15) is 26.3 Å². The number of carbonyl (C=O) groups is 2. The second-order valence-corrected chi connectivity index (χ2v) is 12.3. The summed E-state index contributed by atoms with van der Waals surface area (Å²) in [5.74, 6) is -0.777. The molecule has 232 valence electrons. The quantitative estimate of drug-likeness (QED) is 0.300. The third-order valence-electron chi connectivity index (χ3n) is 6.77.